The number of piperazine rings is 1. The number of nitrogens with zero attached hydrogens (tertiary/aromatic N) is 3. The molecule has 2 heterocycles. The molecule has 0 saturated carbocycles. The average molecular weight is 482 g/mol. The molecule has 1 aliphatic rings. The molecule has 1 aliphatic heterocycles. The van der Waals surface area contributed by atoms with Gasteiger partial charge in [0.05, 0.1) is 19.9 Å². The zero-order valence-electron chi connectivity index (χ0n) is 17.4. The second kappa shape index (κ2) is 9.00. The molecule has 4 rings (SSSR count). The predicted octanol–water partition coefficient (Wildman–Crippen LogP) is 3.62. The van der Waals surface area contributed by atoms with E-state index in [9.17, 15) is 17.2 Å². The molecule has 32 heavy (non-hydrogen) atoms. The topological polar surface area (TPSA) is 72.0 Å². The van der Waals surface area contributed by atoms with Crippen molar-refractivity contribution in [3.05, 3.63) is 53.4 Å². The number of benzene rings is 2. The first-order valence-electron chi connectivity index (χ1n) is 9.71. The maximum Gasteiger partial charge on any atom is 0.246 e. The summed E-state index contributed by atoms with van der Waals surface area (Å²) in [5, 5.41) is 2.69. The van der Waals surface area contributed by atoms with Crippen LogP contribution in [0.4, 0.5) is 13.9 Å². The van der Waals surface area contributed by atoms with E-state index in [1.165, 1.54) is 15.6 Å². The number of methoxy groups -OCH3 is 2. The molecular formula is C21H21F2N3O4S2. The van der Waals surface area contributed by atoms with Crippen molar-refractivity contribution in [1.82, 2.24) is 9.29 Å². The standard InChI is InChI=1S/C21H21F2N3O4S2/c1-29-18-5-3-14(11-19(18)30-2)17-13-31-21(24-17)25-7-9-26(10-8-25)32(27,28)20-6-4-15(22)12-16(20)23/h3-6,11-13H,7-10H2,1-2H3. The van der Waals surface area contributed by atoms with Gasteiger partial charge in [-0.2, -0.15) is 4.31 Å². The van der Waals surface area contributed by atoms with Gasteiger partial charge in [-0.15, -0.1) is 11.3 Å². The monoisotopic (exact) mass is 481 g/mol. The van der Waals surface area contributed by atoms with Crippen molar-refractivity contribution in [3.8, 4) is 22.8 Å². The number of hydrogen-bond donors (Lipinski definition) is 0. The molecule has 0 aliphatic carbocycles. The van der Waals surface area contributed by atoms with Gasteiger partial charge in [-0.3, -0.25) is 0 Å². The van der Waals surface area contributed by atoms with Crippen LogP contribution in [-0.2, 0) is 10.0 Å². The van der Waals surface area contributed by atoms with Crippen molar-refractivity contribution < 1.29 is 26.7 Å². The van der Waals surface area contributed by atoms with Crippen LogP contribution in [0.25, 0.3) is 11.3 Å². The Labute approximate surface area is 188 Å². The van der Waals surface area contributed by atoms with Gasteiger partial charge in [0.15, 0.2) is 16.6 Å². The summed E-state index contributed by atoms with van der Waals surface area (Å²) >= 11 is 1.46. The zero-order chi connectivity index (χ0) is 22.9. The number of halogens is 2. The third kappa shape index (κ3) is 4.27. The summed E-state index contributed by atoms with van der Waals surface area (Å²) in [7, 11) is -0.904. The van der Waals surface area contributed by atoms with Crippen molar-refractivity contribution in [3.63, 3.8) is 0 Å². The minimum Gasteiger partial charge on any atom is -0.493 e. The van der Waals surface area contributed by atoms with E-state index in [0.29, 0.717) is 30.7 Å². The molecule has 0 amide bonds. The SMILES string of the molecule is COc1ccc(-c2csc(N3CCN(S(=O)(=O)c4ccc(F)cc4F)CC3)n2)cc1OC. The van der Waals surface area contributed by atoms with E-state index in [-0.39, 0.29) is 13.1 Å². The van der Waals surface area contributed by atoms with E-state index in [1.54, 1.807) is 14.2 Å². The molecular weight excluding hydrogens is 460 g/mol. The summed E-state index contributed by atoms with van der Waals surface area (Å²) in [6.07, 6.45) is 0. The molecule has 0 radical (unpaired) electrons. The van der Waals surface area contributed by atoms with Crippen molar-refractivity contribution >= 4 is 26.5 Å². The molecule has 0 unspecified atom stereocenters. The summed E-state index contributed by atoms with van der Waals surface area (Å²) in [6, 6.07) is 8.03. The molecule has 7 nitrogen and oxygen atoms in total. The summed E-state index contributed by atoms with van der Waals surface area (Å²) in [5.41, 5.74) is 1.65. The molecule has 0 spiro atoms. The minimum atomic E-state index is -4.04. The van der Waals surface area contributed by atoms with E-state index in [4.69, 9.17) is 9.47 Å². The molecule has 3 aromatic rings. The van der Waals surface area contributed by atoms with E-state index in [0.717, 1.165) is 28.5 Å². The second-order valence-electron chi connectivity index (χ2n) is 7.05. The number of anilines is 1. The van der Waals surface area contributed by atoms with Crippen LogP contribution in [-0.4, -0.2) is 58.1 Å². The molecule has 1 fully saturated rings. The van der Waals surface area contributed by atoms with Gasteiger partial charge in [-0.25, -0.2) is 22.2 Å². The van der Waals surface area contributed by atoms with Crippen LogP contribution >= 0.6 is 11.3 Å². The highest BCUT2D eigenvalue weighted by Crippen LogP contribution is 2.34. The Bertz CT molecular complexity index is 1230. The quantitative estimate of drug-likeness (QED) is 0.536. The third-order valence-corrected chi connectivity index (χ3v) is 8.03. The number of aromatic nitrogens is 1. The lowest BCUT2D eigenvalue weighted by atomic mass is 10.1. The fraction of sp³-hybridized carbons (Fsp3) is 0.286. The van der Waals surface area contributed by atoms with Crippen LogP contribution in [0.1, 0.15) is 0 Å². The third-order valence-electron chi connectivity index (χ3n) is 5.19. The van der Waals surface area contributed by atoms with Gasteiger partial charge in [0.2, 0.25) is 10.0 Å². The Morgan fingerprint density at radius 3 is 2.34 bits per heavy atom. The highest BCUT2D eigenvalue weighted by molar-refractivity contribution is 7.89. The Kier molecular flexibility index (Phi) is 6.31. The summed E-state index contributed by atoms with van der Waals surface area (Å²) in [6.45, 7) is 1.15. The van der Waals surface area contributed by atoms with Gasteiger partial charge in [0, 0.05) is 43.2 Å². The van der Waals surface area contributed by atoms with Crippen LogP contribution in [0.5, 0.6) is 11.5 Å². The number of hydrogen-bond acceptors (Lipinski definition) is 7. The van der Waals surface area contributed by atoms with Crippen molar-refractivity contribution in [2.24, 2.45) is 0 Å². The first-order chi connectivity index (χ1) is 15.3. The number of rotatable bonds is 6. The van der Waals surface area contributed by atoms with Crippen molar-refractivity contribution in [2.75, 3.05) is 45.3 Å². The van der Waals surface area contributed by atoms with Gasteiger partial charge in [-0.1, -0.05) is 0 Å². The molecule has 1 aromatic heterocycles. The molecule has 0 bridgehead atoms. The fourth-order valence-corrected chi connectivity index (χ4v) is 5.84. The Morgan fingerprint density at radius 1 is 0.969 bits per heavy atom. The van der Waals surface area contributed by atoms with E-state index >= 15 is 0 Å². The van der Waals surface area contributed by atoms with Crippen LogP contribution in [0, 0.1) is 11.6 Å². The Morgan fingerprint density at radius 2 is 1.69 bits per heavy atom. The van der Waals surface area contributed by atoms with Gasteiger partial charge in [-0.05, 0) is 30.3 Å². The number of thiazole rings is 1. The average Bonchev–Trinajstić information content (AvgIpc) is 3.28. The smallest absolute Gasteiger partial charge is 0.246 e. The maximum absolute atomic E-state index is 14.0. The summed E-state index contributed by atoms with van der Waals surface area (Å²) < 4.78 is 64.5. The highest BCUT2D eigenvalue weighted by Gasteiger charge is 2.31. The maximum atomic E-state index is 14.0. The second-order valence-corrected chi connectivity index (χ2v) is 9.79. The van der Waals surface area contributed by atoms with Gasteiger partial charge < -0.3 is 14.4 Å². The Balaban J connectivity index is 1.47. The number of ether oxygens (including phenoxy) is 2. The summed E-state index contributed by atoms with van der Waals surface area (Å²) in [4.78, 5) is 6.15. The molecule has 170 valence electrons. The van der Waals surface area contributed by atoms with Gasteiger partial charge in [0.1, 0.15) is 16.5 Å². The van der Waals surface area contributed by atoms with Crippen molar-refractivity contribution in [1.29, 1.82) is 0 Å². The normalized spacial score (nSPS) is 15.1. The van der Waals surface area contributed by atoms with E-state index in [1.807, 2.05) is 28.5 Å². The minimum absolute atomic E-state index is 0.171. The first kappa shape index (κ1) is 22.4. The fourth-order valence-electron chi connectivity index (χ4n) is 3.48. The lowest BCUT2D eigenvalue weighted by molar-refractivity contribution is 0.355. The van der Waals surface area contributed by atoms with Crippen LogP contribution in [0.15, 0.2) is 46.7 Å². The lowest BCUT2D eigenvalue weighted by Gasteiger charge is -2.33. The van der Waals surface area contributed by atoms with Crippen molar-refractivity contribution in [2.45, 2.75) is 4.90 Å². The van der Waals surface area contributed by atoms with E-state index in [2.05, 4.69) is 4.98 Å². The molecule has 2 aromatic carbocycles. The van der Waals surface area contributed by atoms with Crippen LogP contribution in [0.3, 0.4) is 0 Å². The Hall–Kier alpha value is -2.76. The van der Waals surface area contributed by atoms with Crippen LogP contribution in [0.2, 0.25) is 0 Å². The molecule has 0 N–H and O–H groups in total. The largest absolute Gasteiger partial charge is 0.493 e. The summed E-state index contributed by atoms with van der Waals surface area (Å²) in [5.74, 6) is -0.680. The zero-order valence-corrected chi connectivity index (χ0v) is 19.0. The predicted molar refractivity (Wildman–Crippen MR) is 118 cm³/mol. The van der Waals surface area contributed by atoms with E-state index < -0.39 is 26.6 Å². The van der Waals surface area contributed by atoms with Gasteiger partial charge >= 0.3 is 0 Å². The molecule has 1 saturated heterocycles. The first-order valence-corrected chi connectivity index (χ1v) is 12.0. The number of sulfonamides is 1. The molecule has 0 atom stereocenters. The van der Waals surface area contributed by atoms with Crippen LogP contribution < -0.4 is 14.4 Å². The van der Waals surface area contributed by atoms with Gasteiger partial charge in [0.25, 0.3) is 0 Å². The molecule has 11 heteroatoms. The lowest BCUT2D eigenvalue weighted by Crippen LogP contribution is -2.48. The highest BCUT2D eigenvalue weighted by atomic mass is 32.2.